The van der Waals surface area contributed by atoms with E-state index in [1.54, 1.807) is 11.3 Å². The van der Waals surface area contributed by atoms with Crippen LogP contribution in [0.5, 0.6) is 0 Å². The Morgan fingerprint density at radius 1 is 1.55 bits per heavy atom. The molecule has 4 heteroatoms. The Morgan fingerprint density at radius 3 is 3.00 bits per heavy atom. The first kappa shape index (κ1) is 7.06. The first-order valence-electron chi connectivity index (χ1n) is 3.13. The van der Waals surface area contributed by atoms with E-state index in [2.05, 4.69) is 4.99 Å². The molecule has 0 N–H and O–H groups in total. The quantitative estimate of drug-likeness (QED) is 0.664. The molecule has 2 rings (SSSR count). The minimum atomic E-state index is -0.0174. The third-order valence-corrected chi connectivity index (χ3v) is 3.00. The summed E-state index contributed by atoms with van der Waals surface area (Å²) in [6.45, 7) is 0. The third-order valence-electron chi connectivity index (χ3n) is 1.33. The van der Waals surface area contributed by atoms with Gasteiger partial charge in [0.1, 0.15) is 5.04 Å². The molecule has 1 aliphatic rings. The maximum atomic E-state index is 10.7. The molecule has 0 radical (unpaired) electrons. The van der Waals surface area contributed by atoms with Gasteiger partial charge in [0, 0.05) is 10.9 Å². The Balaban J connectivity index is 2.31. The third kappa shape index (κ3) is 1.36. The van der Waals surface area contributed by atoms with E-state index in [1.807, 2.05) is 16.8 Å². The Hall–Kier alpha value is -0.610. The second-order valence-corrected chi connectivity index (χ2v) is 3.86. The van der Waals surface area contributed by atoms with Crippen LogP contribution in [0.2, 0.25) is 0 Å². The molecule has 0 spiro atoms. The van der Waals surface area contributed by atoms with Crippen molar-refractivity contribution in [3.63, 3.8) is 0 Å². The Labute approximate surface area is 72.3 Å². The summed E-state index contributed by atoms with van der Waals surface area (Å²) < 4.78 is 0. The number of hydrogen-bond donors (Lipinski definition) is 0. The minimum Gasteiger partial charge on any atom is -0.272 e. The number of rotatable bonds is 1. The molecule has 1 aromatic heterocycles. The molecule has 1 amide bonds. The fraction of sp³-hybridized carbons (Fsp3) is 0.143. The fourth-order valence-electron chi connectivity index (χ4n) is 0.842. The first-order valence-corrected chi connectivity index (χ1v) is 5.06. The molecule has 0 unspecified atom stereocenters. The molecule has 0 saturated carbocycles. The molecule has 1 aromatic rings. The van der Waals surface area contributed by atoms with Gasteiger partial charge >= 0.3 is 0 Å². The summed E-state index contributed by atoms with van der Waals surface area (Å²) in [4.78, 5) is 14.6. The van der Waals surface area contributed by atoms with Crippen LogP contribution in [0, 0.1) is 0 Å². The van der Waals surface area contributed by atoms with Crippen LogP contribution in [0.15, 0.2) is 21.8 Å². The number of carbonyl (C=O) groups is 1. The largest absolute Gasteiger partial charge is 0.272 e. The molecule has 1 aliphatic heterocycles. The van der Waals surface area contributed by atoms with Gasteiger partial charge in [-0.1, -0.05) is 11.8 Å². The van der Waals surface area contributed by atoms with Gasteiger partial charge in [-0.2, -0.15) is 11.3 Å². The molecule has 0 bridgehead atoms. The predicted molar refractivity (Wildman–Crippen MR) is 48.3 cm³/mol. The van der Waals surface area contributed by atoms with E-state index >= 15 is 0 Å². The van der Waals surface area contributed by atoms with Crippen molar-refractivity contribution in [3.8, 4) is 0 Å². The van der Waals surface area contributed by atoms with Crippen molar-refractivity contribution >= 4 is 34.0 Å². The lowest BCUT2D eigenvalue weighted by Gasteiger charge is -1.89. The smallest absolute Gasteiger partial charge is 0.257 e. The molecule has 0 aliphatic carbocycles. The van der Waals surface area contributed by atoms with Crippen LogP contribution in [0.4, 0.5) is 0 Å². The van der Waals surface area contributed by atoms with E-state index in [0.29, 0.717) is 5.75 Å². The average molecular weight is 183 g/mol. The molecule has 56 valence electrons. The van der Waals surface area contributed by atoms with Gasteiger partial charge in [0.2, 0.25) is 0 Å². The van der Waals surface area contributed by atoms with E-state index in [0.717, 1.165) is 10.6 Å². The van der Waals surface area contributed by atoms with Gasteiger partial charge < -0.3 is 0 Å². The maximum absolute atomic E-state index is 10.7. The highest BCUT2D eigenvalue weighted by Crippen LogP contribution is 2.21. The highest BCUT2D eigenvalue weighted by atomic mass is 32.2. The van der Waals surface area contributed by atoms with Crippen molar-refractivity contribution in [2.24, 2.45) is 4.99 Å². The molecule has 2 nitrogen and oxygen atoms in total. The van der Waals surface area contributed by atoms with Crippen molar-refractivity contribution < 1.29 is 4.79 Å². The fourth-order valence-corrected chi connectivity index (χ4v) is 2.34. The summed E-state index contributed by atoms with van der Waals surface area (Å²) in [6, 6.07) is 1.98. The SMILES string of the molecule is O=C1CSC(c2ccsc2)=N1. The van der Waals surface area contributed by atoms with E-state index < -0.39 is 0 Å². The van der Waals surface area contributed by atoms with Gasteiger partial charge in [-0.05, 0) is 11.4 Å². The van der Waals surface area contributed by atoms with E-state index in [-0.39, 0.29) is 5.91 Å². The van der Waals surface area contributed by atoms with Crippen LogP contribution < -0.4 is 0 Å². The van der Waals surface area contributed by atoms with E-state index in [1.165, 1.54) is 11.8 Å². The van der Waals surface area contributed by atoms with Gasteiger partial charge in [0.15, 0.2) is 0 Å². The second-order valence-electron chi connectivity index (χ2n) is 2.11. The van der Waals surface area contributed by atoms with Gasteiger partial charge in [-0.3, -0.25) is 4.79 Å². The molecular weight excluding hydrogens is 178 g/mol. The summed E-state index contributed by atoms with van der Waals surface area (Å²) in [5.74, 6) is 0.488. The highest BCUT2D eigenvalue weighted by Gasteiger charge is 2.15. The standard InChI is InChI=1S/C7H5NOS2/c9-6-4-11-7(8-6)5-1-2-10-3-5/h1-3H,4H2. The van der Waals surface area contributed by atoms with Crippen LogP contribution in [0.3, 0.4) is 0 Å². The molecular formula is C7H5NOS2. The lowest BCUT2D eigenvalue weighted by atomic mass is 10.4. The van der Waals surface area contributed by atoms with E-state index in [9.17, 15) is 4.79 Å². The number of thiophene rings is 1. The summed E-state index contributed by atoms with van der Waals surface area (Å²) in [6.07, 6.45) is 0. The van der Waals surface area contributed by atoms with Crippen LogP contribution in [-0.4, -0.2) is 16.7 Å². The van der Waals surface area contributed by atoms with Crippen LogP contribution in [0.1, 0.15) is 5.56 Å². The van der Waals surface area contributed by atoms with Crippen molar-refractivity contribution in [2.75, 3.05) is 5.75 Å². The Morgan fingerprint density at radius 2 is 2.45 bits per heavy atom. The van der Waals surface area contributed by atoms with Gasteiger partial charge in [-0.15, -0.1) is 0 Å². The van der Waals surface area contributed by atoms with Crippen LogP contribution >= 0.6 is 23.1 Å². The number of carbonyl (C=O) groups excluding carboxylic acids is 1. The summed E-state index contributed by atoms with van der Waals surface area (Å²) in [5.41, 5.74) is 1.07. The molecule has 0 saturated heterocycles. The van der Waals surface area contributed by atoms with Gasteiger partial charge in [-0.25, -0.2) is 4.99 Å². The zero-order valence-electron chi connectivity index (χ0n) is 5.61. The van der Waals surface area contributed by atoms with Crippen LogP contribution in [-0.2, 0) is 4.79 Å². The van der Waals surface area contributed by atoms with Gasteiger partial charge in [0.25, 0.3) is 5.91 Å². The van der Waals surface area contributed by atoms with Gasteiger partial charge in [0.05, 0.1) is 5.75 Å². The summed E-state index contributed by atoms with van der Waals surface area (Å²) in [7, 11) is 0. The minimum absolute atomic E-state index is 0.0174. The molecule has 0 aromatic carbocycles. The second kappa shape index (κ2) is 2.79. The van der Waals surface area contributed by atoms with Crippen molar-refractivity contribution in [1.82, 2.24) is 0 Å². The number of thioether (sulfide) groups is 1. The lowest BCUT2D eigenvalue weighted by Crippen LogP contribution is -1.87. The number of amides is 1. The van der Waals surface area contributed by atoms with E-state index in [4.69, 9.17) is 0 Å². The first-order chi connectivity index (χ1) is 5.36. The molecule has 2 heterocycles. The normalized spacial score (nSPS) is 17.1. The molecule has 0 fully saturated rings. The Bertz CT molecular complexity index is 302. The maximum Gasteiger partial charge on any atom is 0.257 e. The van der Waals surface area contributed by atoms with Crippen LogP contribution in [0.25, 0.3) is 0 Å². The van der Waals surface area contributed by atoms with Crippen molar-refractivity contribution in [2.45, 2.75) is 0 Å². The average Bonchev–Trinajstić information content (AvgIpc) is 2.55. The van der Waals surface area contributed by atoms with Crippen molar-refractivity contribution in [3.05, 3.63) is 22.4 Å². The zero-order valence-corrected chi connectivity index (χ0v) is 7.24. The molecule has 11 heavy (non-hydrogen) atoms. The summed E-state index contributed by atoms with van der Waals surface area (Å²) >= 11 is 3.14. The predicted octanol–water partition coefficient (Wildman–Crippen LogP) is 1.77. The summed E-state index contributed by atoms with van der Waals surface area (Å²) in [5, 5.41) is 4.86. The lowest BCUT2D eigenvalue weighted by molar-refractivity contribution is -0.115. The number of aliphatic imine (C=N–C) groups is 1. The van der Waals surface area contributed by atoms with Crippen molar-refractivity contribution in [1.29, 1.82) is 0 Å². The molecule has 0 atom stereocenters. The number of nitrogens with zero attached hydrogens (tertiary/aromatic N) is 1. The topological polar surface area (TPSA) is 29.4 Å². The number of hydrogen-bond acceptors (Lipinski definition) is 3. The zero-order chi connectivity index (χ0) is 7.68. The Kier molecular flexibility index (Phi) is 1.79. The highest BCUT2D eigenvalue weighted by molar-refractivity contribution is 8.15. The monoisotopic (exact) mass is 183 g/mol.